The highest BCUT2D eigenvalue weighted by molar-refractivity contribution is 7.14. The molecule has 1 aliphatic heterocycles. The number of carbonyl (C=O) groups is 1. The zero-order chi connectivity index (χ0) is 25.0. The van der Waals surface area contributed by atoms with Crippen LogP contribution in [0.2, 0.25) is 5.02 Å². The molecule has 1 aliphatic rings. The molecule has 184 valence electrons. The standard InChI is InChI=1S/C25H24ClN7O2S/c1-15-16(26)7-8-17-21(15)29-23(28-17)22-24(36-14-27-22)32-11-9-31(10-12-32)20(34)13-33-19-6-4-3-5-18(19)30(2)25(33)35/h3-8,14H,9-13H2,1-2H3,(H,28,29). The number of halogens is 1. The molecule has 6 rings (SSSR count). The van der Waals surface area contributed by atoms with E-state index in [1.807, 2.05) is 53.7 Å². The minimum atomic E-state index is -0.181. The van der Waals surface area contributed by atoms with Gasteiger partial charge < -0.3 is 14.8 Å². The summed E-state index contributed by atoms with van der Waals surface area (Å²) >= 11 is 7.84. The van der Waals surface area contributed by atoms with Crippen LogP contribution in [0.15, 0.2) is 46.7 Å². The lowest BCUT2D eigenvalue weighted by Crippen LogP contribution is -2.50. The molecule has 0 radical (unpaired) electrons. The maximum Gasteiger partial charge on any atom is 0.329 e. The Labute approximate surface area is 215 Å². The van der Waals surface area contributed by atoms with Gasteiger partial charge in [0.15, 0.2) is 5.82 Å². The molecule has 0 spiro atoms. The van der Waals surface area contributed by atoms with Crippen LogP contribution in [0.25, 0.3) is 33.6 Å². The van der Waals surface area contributed by atoms with Crippen molar-refractivity contribution in [1.29, 1.82) is 0 Å². The summed E-state index contributed by atoms with van der Waals surface area (Å²) in [6.45, 7) is 4.49. The van der Waals surface area contributed by atoms with Crippen LogP contribution in [0, 0.1) is 6.92 Å². The van der Waals surface area contributed by atoms with Crippen LogP contribution in [-0.4, -0.2) is 61.1 Å². The number of fused-ring (bicyclic) bond motifs is 2. The lowest BCUT2D eigenvalue weighted by molar-refractivity contribution is -0.132. The number of carbonyl (C=O) groups excluding carboxylic acids is 1. The summed E-state index contributed by atoms with van der Waals surface area (Å²) in [6.07, 6.45) is 0. The Bertz CT molecular complexity index is 1670. The normalized spacial score (nSPS) is 14.3. The topological polar surface area (TPSA) is 92.0 Å². The van der Waals surface area contributed by atoms with Crippen molar-refractivity contribution in [3.63, 3.8) is 0 Å². The Hall–Kier alpha value is -3.63. The number of rotatable bonds is 4. The highest BCUT2D eigenvalue weighted by Crippen LogP contribution is 2.35. The summed E-state index contributed by atoms with van der Waals surface area (Å²) in [5, 5.41) is 1.71. The minimum absolute atomic E-state index is 0.0346. The maximum absolute atomic E-state index is 13.1. The number of aromatic amines is 1. The molecule has 11 heteroatoms. The Morgan fingerprint density at radius 1 is 1.11 bits per heavy atom. The van der Waals surface area contributed by atoms with Gasteiger partial charge in [0.2, 0.25) is 5.91 Å². The molecule has 9 nitrogen and oxygen atoms in total. The van der Waals surface area contributed by atoms with Gasteiger partial charge in [0.05, 0.1) is 27.6 Å². The summed E-state index contributed by atoms with van der Waals surface area (Å²) in [5.74, 6) is 0.655. The van der Waals surface area contributed by atoms with Crippen LogP contribution in [0.5, 0.6) is 0 Å². The van der Waals surface area contributed by atoms with Crippen LogP contribution in [-0.2, 0) is 18.4 Å². The fourth-order valence-electron chi connectivity index (χ4n) is 4.84. The smallest absolute Gasteiger partial charge is 0.329 e. The third kappa shape index (κ3) is 3.68. The molecule has 1 N–H and O–H groups in total. The lowest BCUT2D eigenvalue weighted by Gasteiger charge is -2.35. The number of nitrogens with zero attached hydrogens (tertiary/aromatic N) is 6. The first-order valence-corrected chi connectivity index (χ1v) is 12.9. The van der Waals surface area contributed by atoms with Gasteiger partial charge in [-0.05, 0) is 36.8 Å². The predicted octanol–water partition coefficient (Wildman–Crippen LogP) is 3.65. The second-order valence-electron chi connectivity index (χ2n) is 8.94. The van der Waals surface area contributed by atoms with E-state index < -0.39 is 0 Å². The number of aromatic nitrogens is 5. The van der Waals surface area contributed by atoms with Crippen LogP contribution >= 0.6 is 22.9 Å². The van der Waals surface area contributed by atoms with Crippen LogP contribution in [0.3, 0.4) is 0 Å². The largest absolute Gasteiger partial charge is 0.358 e. The molecular formula is C25H24ClN7O2S. The van der Waals surface area contributed by atoms with E-state index in [-0.39, 0.29) is 18.1 Å². The van der Waals surface area contributed by atoms with Gasteiger partial charge in [-0.15, -0.1) is 11.3 Å². The molecule has 1 amide bonds. The number of thiazole rings is 1. The van der Waals surface area contributed by atoms with Crippen molar-refractivity contribution in [2.24, 2.45) is 7.05 Å². The van der Waals surface area contributed by atoms with Crippen molar-refractivity contribution in [3.8, 4) is 11.5 Å². The molecule has 0 bridgehead atoms. The van der Waals surface area contributed by atoms with Gasteiger partial charge in [0, 0.05) is 38.2 Å². The summed E-state index contributed by atoms with van der Waals surface area (Å²) in [5.41, 5.74) is 6.73. The molecule has 2 aromatic carbocycles. The van der Waals surface area contributed by atoms with E-state index in [1.165, 1.54) is 0 Å². The predicted molar refractivity (Wildman–Crippen MR) is 143 cm³/mol. The zero-order valence-corrected chi connectivity index (χ0v) is 21.4. The van der Waals surface area contributed by atoms with E-state index >= 15 is 0 Å². The summed E-state index contributed by atoms with van der Waals surface area (Å²) in [6, 6.07) is 11.3. The fraction of sp³-hybridized carbons (Fsp3) is 0.280. The Morgan fingerprint density at radius 2 is 1.86 bits per heavy atom. The van der Waals surface area contributed by atoms with Crippen molar-refractivity contribution >= 4 is 55.9 Å². The van der Waals surface area contributed by atoms with E-state index in [4.69, 9.17) is 16.6 Å². The van der Waals surface area contributed by atoms with Crippen molar-refractivity contribution in [1.82, 2.24) is 29.0 Å². The molecule has 0 atom stereocenters. The van der Waals surface area contributed by atoms with E-state index in [0.29, 0.717) is 37.0 Å². The molecule has 1 fully saturated rings. The minimum Gasteiger partial charge on any atom is -0.358 e. The second kappa shape index (κ2) is 8.79. The van der Waals surface area contributed by atoms with Crippen LogP contribution in [0.4, 0.5) is 5.00 Å². The third-order valence-electron chi connectivity index (χ3n) is 6.88. The highest BCUT2D eigenvalue weighted by Gasteiger charge is 2.26. The zero-order valence-electron chi connectivity index (χ0n) is 19.9. The summed E-state index contributed by atoms with van der Waals surface area (Å²) < 4.78 is 3.14. The first-order valence-electron chi connectivity index (χ1n) is 11.7. The fourth-order valence-corrected chi connectivity index (χ4v) is 5.84. The van der Waals surface area contributed by atoms with Gasteiger partial charge in [-0.2, -0.15) is 0 Å². The number of para-hydroxylation sites is 2. The molecule has 0 aliphatic carbocycles. The summed E-state index contributed by atoms with van der Waals surface area (Å²) in [4.78, 5) is 42.6. The number of imidazole rings is 2. The number of hydrogen-bond acceptors (Lipinski definition) is 6. The number of anilines is 1. The molecule has 36 heavy (non-hydrogen) atoms. The number of benzene rings is 2. The third-order valence-corrected chi connectivity index (χ3v) is 8.17. The van der Waals surface area contributed by atoms with Crippen molar-refractivity contribution < 1.29 is 4.79 Å². The Morgan fingerprint density at radius 3 is 2.64 bits per heavy atom. The summed E-state index contributed by atoms with van der Waals surface area (Å²) in [7, 11) is 1.73. The van der Waals surface area contributed by atoms with Crippen LogP contribution in [0.1, 0.15) is 5.56 Å². The average molecular weight is 522 g/mol. The molecule has 1 saturated heterocycles. The SMILES string of the molecule is Cc1c(Cl)ccc2[nH]c(-c3ncsc3N3CCN(C(=O)Cn4c(=O)n(C)c5ccccc54)CC3)nc12. The van der Waals surface area contributed by atoms with E-state index in [2.05, 4.69) is 14.9 Å². The highest BCUT2D eigenvalue weighted by atomic mass is 35.5. The van der Waals surface area contributed by atoms with Crippen molar-refractivity contribution in [2.75, 3.05) is 31.1 Å². The quantitative estimate of drug-likeness (QED) is 0.390. The van der Waals surface area contributed by atoms with E-state index in [0.717, 1.165) is 38.3 Å². The van der Waals surface area contributed by atoms with Gasteiger partial charge in [-0.3, -0.25) is 13.9 Å². The Kier molecular flexibility index (Phi) is 5.57. The van der Waals surface area contributed by atoms with Gasteiger partial charge >= 0.3 is 5.69 Å². The first-order chi connectivity index (χ1) is 17.4. The Balaban J connectivity index is 1.18. The molecule has 3 aromatic heterocycles. The molecular weight excluding hydrogens is 498 g/mol. The molecule has 5 aromatic rings. The van der Waals surface area contributed by atoms with E-state index in [1.54, 1.807) is 27.5 Å². The number of aryl methyl sites for hydroxylation is 2. The molecule has 0 saturated carbocycles. The number of H-pyrrole nitrogens is 1. The van der Waals surface area contributed by atoms with Gasteiger partial charge in [0.1, 0.15) is 17.2 Å². The van der Waals surface area contributed by atoms with Gasteiger partial charge in [0.25, 0.3) is 0 Å². The maximum atomic E-state index is 13.1. The number of hydrogen-bond donors (Lipinski definition) is 1. The van der Waals surface area contributed by atoms with Crippen LogP contribution < -0.4 is 10.6 Å². The van der Waals surface area contributed by atoms with E-state index in [9.17, 15) is 9.59 Å². The lowest BCUT2D eigenvalue weighted by atomic mass is 10.2. The molecule has 4 heterocycles. The molecule has 0 unspecified atom stereocenters. The second-order valence-corrected chi connectivity index (χ2v) is 10.2. The number of piperazine rings is 1. The van der Waals surface area contributed by atoms with Gasteiger partial charge in [-0.25, -0.2) is 14.8 Å². The first kappa shape index (κ1) is 22.8. The number of amides is 1. The van der Waals surface area contributed by atoms with Gasteiger partial charge in [-0.1, -0.05) is 23.7 Å². The van der Waals surface area contributed by atoms with Crippen molar-refractivity contribution in [3.05, 3.63) is 63.0 Å². The van der Waals surface area contributed by atoms with Crippen molar-refractivity contribution in [2.45, 2.75) is 13.5 Å². The average Bonchev–Trinajstić information content (AvgIpc) is 3.61. The number of nitrogens with one attached hydrogen (secondary N) is 1. The monoisotopic (exact) mass is 521 g/mol.